The second kappa shape index (κ2) is 5.21. The topological polar surface area (TPSA) is 60.7 Å². The van der Waals surface area contributed by atoms with Crippen molar-refractivity contribution in [1.82, 2.24) is 20.2 Å². The first-order chi connectivity index (χ1) is 9.22. The highest BCUT2D eigenvalue weighted by Gasteiger charge is 2.28. The molecule has 5 nitrogen and oxygen atoms in total. The van der Waals surface area contributed by atoms with Gasteiger partial charge < -0.3 is 0 Å². The van der Waals surface area contributed by atoms with Gasteiger partial charge in [0.15, 0.2) is 5.82 Å². The number of nitrogens with zero attached hydrogens (tertiary/aromatic N) is 4. The Hall–Kier alpha value is -1.56. The van der Waals surface area contributed by atoms with Crippen LogP contribution in [0.1, 0.15) is 35.8 Å². The number of aryl methyl sites for hydroxylation is 1. The van der Waals surface area contributed by atoms with Crippen molar-refractivity contribution >= 4 is 10.8 Å². The van der Waals surface area contributed by atoms with Gasteiger partial charge in [0.2, 0.25) is 0 Å². The fourth-order valence-corrected chi connectivity index (χ4v) is 3.12. The standard InChI is InChI=1S/C13H16N4OS/c1-10-2-4-11(5-3-10)8-19(18)9-13-14-15-16-17(13)12-6-7-12/h2-5,12H,6-9H2,1H3. The molecule has 0 amide bonds. The Balaban J connectivity index is 1.64. The van der Waals surface area contributed by atoms with Gasteiger partial charge >= 0.3 is 0 Å². The maximum atomic E-state index is 12.2. The summed E-state index contributed by atoms with van der Waals surface area (Å²) in [5, 5.41) is 11.6. The lowest BCUT2D eigenvalue weighted by Crippen LogP contribution is -2.08. The third kappa shape index (κ3) is 3.07. The molecule has 1 atom stereocenters. The maximum absolute atomic E-state index is 12.2. The summed E-state index contributed by atoms with van der Waals surface area (Å²) in [6.07, 6.45) is 2.26. The Morgan fingerprint density at radius 3 is 2.68 bits per heavy atom. The molecule has 1 saturated carbocycles. The van der Waals surface area contributed by atoms with Crippen molar-refractivity contribution in [2.75, 3.05) is 0 Å². The van der Waals surface area contributed by atoms with Gasteiger partial charge in [-0.25, -0.2) is 4.68 Å². The van der Waals surface area contributed by atoms with Gasteiger partial charge in [0.25, 0.3) is 0 Å². The molecule has 3 rings (SSSR count). The van der Waals surface area contributed by atoms with Crippen molar-refractivity contribution in [2.45, 2.75) is 37.3 Å². The number of hydrogen-bond donors (Lipinski definition) is 0. The molecule has 0 N–H and O–H groups in total. The van der Waals surface area contributed by atoms with Crippen LogP contribution in [0.5, 0.6) is 0 Å². The Morgan fingerprint density at radius 1 is 1.26 bits per heavy atom. The van der Waals surface area contributed by atoms with Gasteiger partial charge in [-0.05, 0) is 35.8 Å². The van der Waals surface area contributed by atoms with E-state index in [0.29, 0.717) is 17.5 Å². The molecule has 1 unspecified atom stereocenters. The van der Waals surface area contributed by atoms with Gasteiger partial charge in [-0.1, -0.05) is 29.8 Å². The second-order valence-electron chi connectivity index (χ2n) is 4.98. The zero-order valence-electron chi connectivity index (χ0n) is 10.8. The third-order valence-corrected chi connectivity index (χ3v) is 4.43. The first kappa shape index (κ1) is 12.5. The summed E-state index contributed by atoms with van der Waals surface area (Å²) in [5.41, 5.74) is 2.31. The van der Waals surface area contributed by atoms with Crippen LogP contribution in [0, 0.1) is 6.92 Å². The molecule has 1 fully saturated rings. The lowest BCUT2D eigenvalue weighted by Gasteiger charge is -2.04. The van der Waals surface area contributed by atoms with Crippen LogP contribution in [0.4, 0.5) is 0 Å². The van der Waals surface area contributed by atoms with Crippen LogP contribution in [-0.2, 0) is 22.3 Å². The molecule has 0 saturated heterocycles. The van der Waals surface area contributed by atoms with E-state index in [0.717, 1.165) is 24.2 Å². The van der Waals surface area contributed by atoms with Gasteiger partial charge in [0.05, 0.1) is 11.8 Å². The summed E-state index contributed by atoms with van der Waals surface area (Å²) in [7, 11) is -0.969. The monoisotopic (exact) mass is 276 g/mol. The van der Waals surface area contributed by atoms with Gasteiger partial charge in [0, 0.05) is 16.6 Å². The summed E-state index contributed by atoms with van der Waals surface area (Å²) in [4.78, 5) is 0. The molecule has 1 aliphatic carbocycles. The maximum Gasteiger partial charge on any atom is 0.164 e. The Labute approximate surface area is 114 Å². The van der Waals surface area contributed by atoms with E-state index in [2.05, 4.69) is 15.5 Å². The number of benzene rings is 1. The molecule has 0 radical (unpaired) electrons. The minimum Gasteiger partial charge on any atom is -0.259 e. The minimum absolute atomic E-state index is 0.428. The van der Waals surface area contributed by atoms with Crippen LogP contribution in [0.3, 0.4) is 0 Å². The predicted molar refractivity (Wildman–Crippen MR) is 72.8 cm³/mol. The molecule has 19 heavy (non-hydrogen) atoms. The molecule has 0 bridgehead atoms. The van der Waals surface area contributed by atoms with E-state index in [-0.39, 0.29) is 0 Å². The SMILES string of the molecule is Cc1ccc(CS(=O)Cc2nnnn2C2CC2)cc1. The zero-order valence-corrected chi connectivity index (χ0v) is 11.6. The van der Waals surface area contributed by atoms with E-state index in [1.54, 1.807) is 0 Å². The number of tetrazole rings is 1. The number of hydrogen-bond acceptors (Lipinski definition) is 4. The lowest BCUT2D eigenvalue weighted by atomic mass is 10.2. The van der Waals surface area contributed by atoms with E-state index in [1.165, 1.54) is 5.56 Å². The highest BCUT2D eigenvalue weighted by molar-refractivity contribution is 7.83. The number of rotatable bonds is 5. The van der Waals surface area contributed by atoms with Gasteiger partial charge in [0.1, 0.15) is 0 Å². The van der Waals surface area contributed by atoms with Gasteiger partial charge in [-0.15, -0.1) is 5.10 Å². The van der Waals surface area contributed by atoms with Crippen molar-refractivity contribution < 1.29 is 4.21 Å². The van der Waals surface area contributed by atoms with Crippen LogP contribution in [-0.4, -0.2) is 24.4 Å². The second-order valence-corrected chi connectivity index (χ2v) is 6.44. The van der Waals surface area contributed by atoms with E-state index in [1.807, 2.05) is 35.9 Å². The molecule has 6 heteroatoms. The van der Waals surface area contributed by atoms with E-state index < -0.39 is 10.8 Å². The number of aromatic nitrogens is 4. The molecule has 1 aliphatic rings. The summed E-state index contributed by atoms with van der Waals surface area (Å²) in [5.74, 6) is 1.72. The highest BCUT2D eigenvalue weighted by atomic mass is 32.2. The van der Waals surface area contributed by atoms with Crippen molar-refractivity contribution in [3.63, 3.8) is 0 Å². The van der Waals surface area contributed by atoms with Crippen LogP contribution in [0.25, 0.3) is 0 Å². The smallest absolute Gasteiger partial charge is 0.164 e. The third-order valence-electron chi connectivity index (χ3n) is 3.19. The van der Waals surface area contributed by atoms with Crippen molar-refractivity contribution in [3.05, 3.63) is 41.2 Å². The predicted octanol–water partition coefficient (Wildman–Crippen LogP) is 1.77. The lowest BCUT2D eigenvalue weighted by molar-refractivity contribution is 0.591. The minimum atomic E-state index is -0.969. The molecule has 1 heterocycles. The average Bonchev–Trinajstić information content (AvgIpc) is 3.13. The highest BCUT2D eigenvalue weighted by Crippen LogP contribution is 2.34. The van der Waals surface area contributed by atoms with E-state index in [4.69, 9.17) is 0 Å². The quantitative estimate of drug-likeness (QED) is 0.835. The van der Waals surface area contributed by atoms with Gasteiger partial charge in [-0.2, -0.15) is 0 Å². The van der Waals surface area contributed by atoms with Gasteiger partial charge in [-0.3, -0.25) is 4.21 Å². The van der Waals surface area contributed by atoms with Crippen LogP contribution in [0.2, 0.25) is 0 Å². The first-order valence-corrected chi connectivity index (χ1v) is 7.88. The van der Waals surface area contributed by atoms with Crippen molar-refractivity contribution in [3.8, 4) is 0 Å². The van der Waals surface area contributed by atoms with E-state index in [9.17, 15) is 4.21 Å². The van der Waals surface area contributed by atoms with Crippen molar-refractivity contribution in [1.29, 1.82) is 0 Å². The first-order valence-electron chi connectivity index (χ1n) is 6.39. The fraction of sp³-hybridized carbons (Fsp3) is 0.462. The summed E-state index contributed by atoms with van der Waals surface area (Å²) in [6, 6.07) is 8.57. The molecule has 2 aromatic rings. The molecule has 0 spiro atoms. The molecular formula is C13H16N4OS. The molecule has 0 aliphatic heterocycles. The molecule has 1 aromatic heterocycles. The summed E-state index contributed by atoms with van der Waals surface area (Å²) < 4.78 is 14.0. The molecule has 1 aromatic carbocycles. The fourth-order valence-electron chi connectivity index (χ4n) is 1.98. The average molecular weight is 276 g/mol. The Bertz CT molecular complexity index is 589. The van der Waals surface area contributed by atoms with Crippen molar-refractivity contribution in [2.24, 2.45) is 0 Å². The summed E-state index contributed by atoms with van der Waals surface area (Å²) >= 11 is 0. The van der Waals surface area contributed by atoms with Crippen LogP contribution < -0.4 is 0 Å². The normalized spacial score (nSPS) is 16.5. The Morgan fingerprint density at radius 2 is 2.00 bits per heavy atom. The van der Waals surface area contributed by atoms with E-state index >= 15 is 0 Å². The summed E-state index contributed by atoms with van der Waals surface area (Å²) in [6.45, 7) is 2.05. The molecule has 100 valence electrons. The largest absolute Gasteiger partial charge is 0.259 e. The van der Waals surface area contributed by atoms with Crippen LogP contribution in [0.15, 0.2) is 24.3 Å². The zero-order chi connectivity index (χ0) is 13.2. The van der Waals surface area contributed by atoms with Crippen LogP contribution >= 0.6 is 0 Å². The molecular weight excluding hydrogens is 260 g/mol. The Kier molecular flexibility index (Phi) is 3.42.